The zero-order valence-electron chi connectivity index (χ0n) is 16.2. The smallest absolute Gasteiger partial charge is 0.266 e. The molecule has 0 fully saturated rings. The Hall–Kier alpha value is -3.24. The molecular formula is C25H22N2O2. The van der Waals surface area contributed by atoms with Gasteiger partial charge in [-0.05, 0) is 59.2 Å². The summed E-state index contributed by atoms with van der Waals surface area (Å²) in [5.74, 6) is 0.0790. The van der Waals surface area contributed by atoms with Crippen molar-refractivity contribution in [1.82, 2.24) is 0 Å². The summed E-state index contributed by atoms with van der Waals surface area (Å²) < 4.78 is 0. The molecule has 29 heavy (non-hydrogen) atoms. The number of amides is 2. The minimum Gasteiger partial charge on any atom is -0.324 e. The number of benzene rings is 3. The van der Waals surface area contributed by atoms with Gasteiger partial charge in [0, 0.05) is 6.04 Å². The van der Waals surface area contributed by atoms with Gasteiger partial charge in [-0.1, -0.05) is 55.5 Å². The number of carbonyl (C=O) groups is 2. The first kappa shape index (κ1) is 17.8. The largest absolute Gasteiger partial charge is 0.324 e. The van der Waals surface area contributed by atoms with Crippen molar-refractivity contribution < 1.29 is 9.59 Å². The normalized spacial score (nSPS) is 21.2. The maximum atomic E-state index is 12.8. The Morgan fingerprint density at radius 2 is 1.52 bits per heavy atom. The van der Waals surface area contributed by atoms with E-state index >= 15 is 0 Å². The van der Waals surface area contributed by atoms with Crippen LogP contribution in [-0.4, -0.2) is 11.8 Å². The van der Waals surface area contributed by atoms with Crippen molar-refractivity contribution in [1.29, 1.82) is 0 Å². The van der Waals surface area contributed by atoms with Crippen LogP contribution in [0.15, 0.2) is 72.8 Å². The number of carbonyl (C=O) groups excluding carboxylic acids is 2. The van der Waals surface area contributed by atoms with E-state index in [9.17, 15) is 9.59 Å². The molecule has 0 bridgehead atoms. The summed E-state index contributed by atoms with van der Waals surface area (Å²) >= 11 is 0. The van der Waals surface area contributed by atoms with Crippen molar-refractivity contribution in [3.8, 4) is 0 Å². The van der Waals surface area contributed by atoms with E-state index in [-0.39, 0.29) is 23.8 Å². The van der Waals surface area contributed by atoms with E-state index in [1.54, 1.807) is 24.3 Å². The van der Waals surface area contributed by atoms with Crippen LogP contribution in [0.1, 0.15) is 56.3 Å². The van der Waals surface area contributed by atoms with E-state index in [0.29, 0.717) is 22.7 Å². The molecule has 0 aromatic heterocycles. The number of anilines is 1. The van der Waals surface area contributed by atoms with Crippen molar-refractivity contribution in [3.63, 3.8) is 0 Å². The Morgan fingerprint density at radius 1 is 0.897 bits per heavy atom. The highest BCUT2D eigenvalue weighted by Gasteiger charge is 2.38. The van der Waals surface area contributed by atoms with Crippen LogP contribution in [0.3, 0.4) is 0 Å². The Bertz CT molecular complexity index is 1090. The van der Waals surface area contributed by atoms with Crippen LogP contribution in [0.5, 0.6) is 0 Å². The van der Waals surface area contributed by atoms with Gasteiger partial charge in [0.1, 0.15) is 0 Å². The lowest BCUT2D eigenvalue weighted by molar-refractivity contribution is 0.0926. The van der Waals surface area contributed by atoms with Gasteiger partial charge in [0.05, 0.1) is 16.8 Å². The fraction of sp³-hybridized carbons (Fsp3) is 0.200. The third kappa shape index (κ3) is 2.71. The van der Waals surface area contributed by atoms with Gasteiger partial charge in [-0.25, -0.2) is 4.90 Å². The summed E-state index contributed by atoms with van der Waals surface area (Å²) in [6.07, 6.45) is 0.837. The topological polar surface area (TPSA) is 63.4 Å². The molecule has 2 aliphatic rings. The first-order valence-corrected chi connectivity index (χ1v) is 9.97. The highest BCUT2D eigenvalue weighted by atomic mass is 16.2. The maximum Gasteiger partial charge on any atom is 0.266 e. The van der Waals surface area contributed by atoms with E-state index in [1.165, 1.54) is 10.5 Å². The van der Waals surface area contributed by atoms with E-state index < -0.39 is 0 Å². The Morgan fingerprint density at radius 3 is 2.17 bits per heavy atom. The molecule has 2 amide bonds. The van der Waals surface area contributed by atoms with E-state index in [2.05, 4.69) is 31.2 Å². The molecule has 2 N–H and O–H groups in total. The molecule has 144 valence electrons. The van der Waals surface area contributed by atoms with Crippen LogP contribution < -0.4 is 10.6 Å². The van der Waals surface area contributed by atoms with Crippen molar-refractivity contribution >= 4 is 17.5 Å². The second-order valence-electron chi connectivity index (χ2n) is 7.97. The summed E-state index contributed by atoms with van der Waals surface area (Å²) in [4.78, 5) is 26.9. The van der Waals surface area contributed by atoms with Gasteiger partial charge in [-0.2, -0.15) is 0 Å². The zero-order chi connectivity index (χ0) is 20.1. The van der Waals surface area contributed by atoms with Crippen LogP contribution in [0.2, 0.25) is 0 Å². The standard InChI is InChI=1S/C25H22N2O2/c1-15(16-7-3-2-4-8-16)22-14-17-13-18(11-12-19(17)23(22)26)27-24(28)20-9-5-6-10-21(20)25(27)29/h2-13,15,22-23H,14,26H2,1H3. The molecule has 0 saturated heterocycles. The molecule has 3 aromatic carbocycles. The number of hydrogen-bond donors (Lipinski definition) is 1. The Balaban J connectivity index is 1.46. The maximum absolute atomic E-state index is 12.8. The van der Waals surface area contributed by atoms with Gasteiger partial charge < -0.3 is 5.73 Å². The van der Waals surface area contributed by atoms with Gasteiger partial charge in [0.15, 0.2) is 0 Å². The third-order valence-electron chi connectivity index (χ3n) is 6.42. The average molecular weight is 382 g/mol. The second-order valence-corrected chi connectivity index (χ2v) is 7.97. The average Bonchev–Trinajstić information content (AvgIpc) is 3.22. The summed E-state index contributed by atoms with van der Waals surface area (Å²) in [5, 5.41) is 0. The van der Waals surface area contributed by atoms with Crippen LogP contribution in [0, 0.1) is 5.92 Å². The molecule has 1 aliphatic carbocycles. The number of imide groups is 1. The van der Waals surface area contributed by atoms with Gasteiger partial charge in [-0.15, -0.1) is 0 Å². The molecule has 3 unspecified atom stereocenters. The quantitative estimate of drug-likeness (QED) is 0.680. The molecular weight excluding hydrogens is 360 g/mol. The first-order chi connectivity index (χ1) is 14.1. The fourth-order valence-electron chi connectivity index (χ4n) is 4.76. The first-order valence-electron chi connectivity index (χ1n) is 9.97. The minimum absolute atomic E-state index is 0.0589. The lowest BCUT2D eigenvalue weighted by atomic mass is 9.83. The highest BCUT2D eigenvalue weighted by molar-refractivity contribution is 6.34. The Kier molecular flexibility index (Phi) is 4.10. The number of hydrogen-bond acceptors (Lipinski definition) is 3. The number of fused-ring (bicyclic) bond motifs is 2. The Labute approximate surface area is 170 Å². The minimum atomic E-state index is -0.262. The van der Waals surface area contributed by atoms with E-state index in [0.717, 1.165) is 17.5 Å². The van der Waals surface area contributed by atoms with Crippen molar-refractivity contribution in [2.24, 2.45) is 11.7 Å². The van der Waals surface area contributed by atoms with E-state index in [1.807, 2.05) is 24.3 Å². The molecule has 1 heterocycles. The van der Waals surface area contributed by atoms with Crippen LogP contribution in [-0.2, 0) is 6.42 Å². The molecule has 4 nitrogen and oxygen atoms in total. The van der Waals surface area contributed by atoms with Crippen molar-refractivity contribution in [2.45, 2.75) is 25.3 Å². The summed E-state index contributed by atoms with van der Waals surface area (Å²) in [6, 6.07) is 23.1. The number of nitrogens with two attached hydrogens (primary N) is 1. The van der Waals surface area contributed by atoms with Gasteiger partial charge in [-0.3, -0.25) is 9.59 Å². The predicted molar refractivity (Wildman–Crippen MR) is 113 cm³/mol. The lowest BCUT2D eigenvalue weighted by Crippen LogP contribution is -2.29. The number of rotatable bonds is 3. The summed E-state index contributed by atoms with van der Waals surface area (Å²) in [5.41, 5.74) is 11.7. The SMILES string of the molecule is CC(c1ccccc1)C1Cc2cc(N3C(=O)c4ccccc4C3=O)ccc2C1N. The molecule has 1 aliphatic heterocycles. The third-order valence-corrected chi connectivity index (χ3v) is 6.42. The van der Waals surface area contributed by atoms with Gasteiger partial charge in [0.25, 0.3) is 11.8 Å². The lowest BCUT2D eigenvalue weighted by Gasteiger charge is -2.24. The van der Waals surface area contributed by atoms with Gasteiger partial charge >= 0.3 is 0 Å². The molecule has 4 heteroatoms. The monoisotopic (exact) mass is 382 g/mol. The molecule has 3 aromatic rings. The van der Waals surface area contributed by atoms with Crippen LogP contribution >= 0.6 is 0 Å². The fourth-order valence-corrected chi connectivity index (χ4v) is 4.76. The van der Waals surface area contributed by atoms with Crippen molar-refractivity contribution in [2.75, 3.05) is 4.90 Å². The van der Waals surface area contributed by atoms with Crippen LogP contribution in [0.25, 0.3) is 0 Å². The van der Waals surface area contributed by atoms with E-state index in [4.69, 9.17) is 5.73 Å². The second kappa shape index (κ2) is 6.68. The molecule has 0 saturated carbocycles. The summed E-state index contributed by atoms with van der Waals surface area (Å²) in [6.45, 7) is 2.22. The number of nitrogens with zero attached hydrogens (tertiary/aromatic N) is 1. The van der Waals surface area contributed by atoms with Crippen LogP contribution in [0.4, 0.5) is 5.69 Å². The molecule has 3 atom stereocenters. The predicted octanol–water partition coefficient (Wildman–Crippen LogP) is 4.46. The van der Waals surface area contributed by atoms with Gasteiger partial charge in [0.2, 0.25) is 0 Å². The molecule has 0 radical (unpaired) electrons. The zero-order valence-corrected chi connectivity index (χ0v) is 16.2. The summed E-state index contributed by atoms with van der Waals surface area (Å²) in [7, 11) is 0. The van der Waals surface area contributed by atoms with Crippen molar-refractivity contribution in [3.05, 3.63) is 101 Å². The molecule has 0 spiro atoms. The highest BCUT2D eigenvalue weighted by Crippen LogP contribution is 2.44. The molecule has 5 rings (SSSR count).